The van der Waals surface area contributed by atoms with Crippen LogP contribution in [0.4, 0.5) is 0 Å². The third kappa shape index (κ3) is 6.83. The molecule has 3 aliphatic heterocycles. The first-order valence-corrected chi connectivity index (χ1v) is 11.8. The number of likely N-dealkylation sites (tertiary alicyclic amines) is 1. The van der Waals surface area contributed by atoms with Crippen molar-refractivity contribution in [2.24, 2.45) is 16.3 Å². The maximum Gasteiger partial charge on any atom is 0.193 e. The van der Waals surface area contributed by atoms with E-state index in [1.807, 2.05) is 7.05 Å². The monoisotopic (exact) mass is 409 g/mol. The van der Waals surface area contributed by atoms with E-state index in [1.54, 1.807) is 0 Å². The van der Waals surface area contributed by atoms with Crippen molar-refractivity contribution in [2.75, 3.05) is 46.5 Å². The molecule has 0 amide bonds. The van der Waals surface area contributed by atoms with Crippen LogP contribution in [0, 0.1) is 11.3 Å². The minimum atomic E-state index is 0.175. The van der Waals surface area contributed by atoms with E-state index in [9.17, 15) is 0 Å². The first kappa shape index (κ1) is 22.8. The summed E-state index contributed by atoms with van der Waals surface area (Å²) >= 11 is 0. The quantitative estimate of drug-likeness (QED) is 0.557. The first-order valence-electron chi connectivity index (χ1n) is 11.8. The smallest absolute Gasteiger partial charge is 0.193 e. The lowest BCUT2D eigenvalue weighted by atomic mass is 9.78. The molecule has 3 aliphatic rings. The van der Waals surface area contributed by atoms with Gasteiger partial charge in [-0.2, -0.15) is 0 Å². The molecular weight excluding hydrogens is 366 g/mol. The Balaban J connectivity index is 1.40. The molecule has 3 heterocycles. The lowest BCUT2D eigenvalue weighted by Crippen LogP contribution is -2.51. The molecule has 29 heavy (non-hydrogen) atoms. The SMILES string of the molecule is CN=C(NCC1CCCOC1C(C)(C)C)N1CCC(OCC2CCCCO2)CC1. The summed E-state index contributed by atoms with van der Waals surface area (Å²) in [7, 11) is 1.89. The van der Waals surface area contributed by atoms with E-state index in [-0.39, 0.29) is 5.41 Å². The zero-order valence-corrected chi connectivity index (χ0v) is 19.1. The van der Waals surface area contributed by atoms with Gasteiger partial charge < -0.3 is 24.4 Å². The minimum absolute atomic E-state index is 0.175. The zero-order valence-electron chi connectivity index (χ0n) is 19.1. The Kier molecular flexibility index (Phi) is 8.63. The zero-order chi connectivity index (χ0) is 20.7. The Morgan fingerprint density at radius 3 is 2.45 bits per heavy atom. The second-order valence-electron chi connectivity index (χ2n) is 10.00. The number of guanidine groups is 1. The maximum absolute atomic E-state index is 6.16. The molecular formula is C23H43N3O3. The van der Waals surface area contributed by atoms with Gasteiger partial charge >= 0.3 is 0 Å². The first-order chi connectivity index (χ1) is 14.0. The highest BCUT2D eigenvalue weighted by molar-refractivity contribution is 5.80. The van der Waals surface area contributed by atoms with Gasteiger partial charge in [0, 0.05) is 45.8 Å². The fourth-order valence-electron chi connectivity index (χ4n) is 4.98. The van der Waals surface area contributed by atoms with Crippen LogP contribution in [0.5, 0.6) is 0 Å². The van der Waals surface area contributed by atoms with Crippen LogP contribution < -0.4 is 5.32 Å². The number of piperidine rings is 1. The Morgan fingerprint density at radius 1 is 1.03 bits per heavy atom. The number of aliphatic imine (C=N–C) groups is 1. The second kappa shape index (κ2) is 11.0. The molecule has 0 spiro atoms. The Hall–Kier alpha value is -0.850. The van der Waals surface area contributed by atoms with Gasteiger partial charge in [-0.15, -0.1) is 0 Å². The molecule has 3 rings (SSSR count). The topological polar surface area (TPSA) is 55.3 Å². The van der Waals surface area contributed by atoms with Gasteiger partial charge in [0.15, 0.2) is 5.96 Å². The van der Waals surface area contributed by atoms with Gasteiger partial charge in [-0.05, 0) is 50.4 Å². The number of ether oxygens (including phenoxy) is 3. The lowest BCUT2D eigenvalue weighted by molar-refractivity contribution is -0.0838. The number of nitrogens with zero attached hydrogens (tertiary/aromatic N) is 2. The van der Waals surface area contributed by atoms with Crippen molar-refractivity contribution >= 4 is 5.96 Å². The number of nitrogens with one attached hydrogen (secondary N) is 1. The van der Waals surface area contributed by atoms with Crippen LogP contribution in [0.25, 0.3) is 0 Å². The van der Waals surface area contributed by atoms with Crippen molar-refractivity contribution in [3.8, 4) is 0 Å². The van der Waals surface area contributed by atoms with E-state index >= 15 is 0 Å². The van der Waals surface area contributed by atoms with E-state index in [1.165, 1.54) is 19.3 Å². The van der Waals surface area contributed by atoms with E-state index in [0.717, 1.165) is 71.1 Å². The molecule has 0 aromatic carbocycles. The molecule has 0 bridgehead atoms. The maximum atomic E-state index is 6.16. The third-order valence-electron chi connectivity index (χ3n) is 6.57. The van der Waals surface area contributed by atoms with Crippen LogP contribution in [0.15, 0.2) is 4.99 Å². The Labute approximate surface area is 177 Å². The molecule has 6 nitrogen and oxygen atoms in total. The third-order valence-corrected chi connectivity index (χ3v) is 6.57. The van der Waals surface area contributed by atoms with Crippen molar-refractivity contribution in [3.63, 3.8) is 0 Å². The second-order valence-corrected chi connectivity index (χ2v) is 10.00. The lowest BCUT2D eigenvalue weighted by Gasteiger charge is -2.41. The van der Waals surface area contributed by atoms with Gasteiger partial charge in [-0.3, -0.25) is 4.99 Å². The average molecular weight is 410 g/mol. The van der Waals surface area contributed by atoms with Crippen molar-refractivity contribution in [1.82, 2.24) is 10.2 Å². The highest BCUT2D eigenvalue weighted by Crippen LogP contribution is 2.33. The molecule has 0 radical (unpaired) electrons. The van der Waals surface area contributed by atoms with Crippen molar-refractivity contribution < 1.29 is 14.2 Å². The molecule has 0 aliphatic carbocycles. The Morgan fingerprint density at radius 2 is 1.79 bits per heavy atom. The number of hydrogen-bond acceptors (Lipinski definition) is 4. The van der Waals surface area contributed by atoms with E-state index in [2.05, 4.69) is 36.0 Å². The van der Waals surface area contributed by atoms with Gasteiger partial charge in [0.1, 0.15) is 0 Å². The fourth-order valence-corrected chi connectivity index (χ4v) is 4.98. The van der Waals surface area contributed by atoms with Gasteiger partial charge in [0.25, 0.3) is 0 Å². The highest BCUT2D eigenvalue weighted by atomic mass is 16.5. The molecule has 1 N–H and O–H groups in total. The van der Waals surface area contributed by atoms with Gasteiger partial charge in [0.2, 0.25) is 0 Å². The molecule has 3 atom stereocenters. The predicted octanol–water partition coefficient (Wildman–Crippen LogP) is 3.45. The van der Waals surface area contributed by atoms with Crippen molar-refractivity contribution in [1.29, 1.82) is 0 Å². The van der Waals surface area contributed by atoms with Crippen molar-refractivity contribution in [2.45, 2.75) is 84.0 Å². The summed E-state index contributed by atoms with van der Waals surface area (Å²) in [5.74, 6) is 1.56. The van der Waals surface area contributed by atoms with Crippen LogP contribution in [0.1, 0.15) is 65.7 Å². The van der Waals surface area contributed by atoms with Gasteiger partial charge in [-0.1, -0.05) is 20.8 Å². The molecule has 0 aromatic rings. The fraction of sp³-hybridized carbons (Fsp3) is 0.957. The summed E-state index contributed by atoms with van der Waals surface area (Å²) in [6.45, 7) is 12.3. The summed E-state index contributed by atoms with van der Waals surface area (Å²) in [4.78, 5) is 6.94. The van der Waals surface area contributed by atoms with E-state index < -0.39 is 0 Å². The summed E-state index contributed by atoms with van der Waals surface area (Å²) in [6.07, 6.45) is 9.10. The van der Waals surface area contributed by atoms with Crippen LogP contribution in [-0.2, 0) is 14.2 Å². The van der Waals surface area contributed by atoms with E-state index in [0.29, 0.717) is 24.2 Å². The van der Waals surface area contributed by atoms with Crippen molar-refractivity contribution in [3.05, 3.63) is 0 Å². The minimum Gasteiger partial charge on any atom is -0.377 e. The van der Waals surface area contributed by atoms with Crippen LogP contribution in [0.3, 0.4) is 0 Å². The molecule has 168 valence electrons. The van der Waals surface area contributed by atoms with Crippen LogP contribution in [0.2, 0.25) is 0 Å². The highest BCUT2D eigenvalue weighted by Gasteiger charge is 2.35. The van der Waals surface area contributed by atoms with Crippen LogP contribution >= 0.6 is 0 Å². The summed E-state index contributed by atoms with van der Waals surface area (Å²) in [6, 6.07) is 0. The van der Waals surface area contributed by atoms with Crippen LogP contribution in [-0.4, -0.2) is 75.7 Å². The molecule has 3 fully saturated rings. The molecule has 0 aromatic heterocycles. The summed E-state index contributed by atoms with van der Waals surface area (Å²) in [5, 5.41) is 3.64. The summed E-state index contributed by atoms with van der Waals surface area (Å²) < 4.78 is 18.1. The van der Waals surface area contributed by atoms with Gasteiger partial charge in [-0.25, -0.2) is 0 Å². The normalized spacial score (nSPS) is 30.4. The van der Waals surface area contributed by atoms with E-state index in [4.69, 9.17) is 14.2 Å². The Bertz CT molecular complexity index is 506. The largest absolute Gasteiger partial charge is 0.377 e. The number of rotatable bonds is 5. The number of hydrogen-bond donors (Lipinski definition) is 1. The van der Waals surface area contributed by atoms with Gasteiger partial charge in [0.05, 0.1) is 24.9 Å². The standard InChI is InChI=1S/C23H43N3O3/c1-23(2,3)21-18(8-7-15-28-21)16-25-22(24-4)26-12-10-19(11-13-26)29-17-20-9-5-6-14-27-20/h18-21H,5-17H2,1-4H3,(H,24,25). The molecule has 6 heteroatoms. The molecule has 3 unspecified atom stereocenters. The summed E-state index contributed by atoms with van der Waals surface area (Å²) in [5.41, 5.74) is 0.175. The molecule has 3 saturated heterocycles. The molecule has 0 saturated carbocycles. The average Bonchev–Trinajstić information content (AvgIpc) is 2.74. The predicted molar refractivity (Wildman–Crippen MR) is 117 cm³/mol.